The fraction of sp³-hybridized carbons (Fsp3) is 0.500. The molecule has 2 rings (SSSR count). The van der Waals surface area contributed by atoms with E-state index in [4.69, 9.17) is 9.84 Å². The third-order valence-corrected chi connectivity index (χ3v) is 3.51. The van der Waals surface area contributed by atoms with Gasteiger partial charge in [-0.05, 0) is 30.9 Å². The highest BCUT2D eigenvalue weighted by atomic mass is 16.5. The van der Waals surface area contributed by atoms with E-state index < -0.39 is 5.41 Å². The van der Waals surface area contributed by atoms with Crippen LogP contribution in [0.25, 0.3) is 0 Å². The Hall–Kier alpha value is -1.55. The van der Waals surface area contributed by atoms with Crippen LogP contribution in [0.5, 0.6) is 5.75 Å². The summed E-state index contributed by atoms with van der Waals surface area (Å²) >= 11 is 0. The zero-order chi connectivity index (χ0) is 13.0. The number of benzene rings is 1. The minimum Gasteiger partial charge on any atom is -0.496 e. The van der Waals surface area contributed by atoms with Gasteiger partial charge >= 0.3 is 0 Å². The van der Waals surface area contributed by atoms with Gasteiger partial charge in [0.1, 0.15) is 5.75 Å². The Balaban J connectivity index is 1.83. The summed E-state index contributed by atoms with van der Waals surface area (Å²) in [5.74, 6) is 0.815. The lowest BCUT2D eigenvalue weighted by Crippen LogP contribution is -2.35. The monoisotopic (exact) mass is 249 g/mol. The summed E-state index contributed by atoms with van der Waals surface area (Å²) in [5.41, 5.74) is 0.593. The number of amides is 1. The summed E-state index contributed by atoms with van der Waals surface area (Å²) in [6.45, 7) is 0.522. The number of hydrogen-bond donors (Lipinski definition) is 2. The molecular formula is C14H19NO3. The predicted molar refractivity (Wildman–Crippen MR) is 68.5 cm³/mol. The molecule has 1 fully saturated rings. The van der Waals surface area contributed by atoms with Gasteiger partial charge in [-0.25, -0.2) is 0 Å². The number of aliphatic hydroxyl groups is 1. The Kier molecular flexibility index (Phi) is 3.87. The highest BCUT2D eigenvalue weighted by Gasteiger charge is 2.49. The van der Waals surface area contributed by atoms with E-state index in [-0.39, 0.29) is 12.5 Å². The van der Waals surface area contributed by atoms with Crippen LogP contribution in [-0.4, -0.2) is 31.3 Å². The van der Waals surface area contributed by atoms with E-state index >= 15 is 0 Å². The second kappa shape index (κ2) is 5.40. The van der Waals surface area contributed by atoms with E-state index in [0.29, 0.717) is 6.54 Å². The number of hydrogen-bond acceptors (Lipinski definition) is 3. The second-order valence-electron chi connectivity index (χ2n) is 4.76. The molecule has 0 unspecified atom stereocenters. The molecule has 0 saturated heterocycles. The molecule has 1 amide bonds. The SMILES string of the molecule is COc1ccccc1CCNC(=O)C1(CO)CC1. The first-order chi connectivity index (χ1) is 8.72. The molecule has 0 bridgehead atoms. The molecule has 0 spiro atoms. The number of rotatable bonds is 6. The number of nitrogens with one attached hydrogen (secondary N) is 1. The van der Waals surface area contributed by atoms with Gasteiger partial charge in [-0.3, -0.25) is 4.79 Å². The molecule has 1 aliphatic carbocycles. The molecule has 0 radical (unpaired) electrons. The number of carbonyl (C=O) groups is 1. The zero-order valence-corrected chi connectivity index (χ0v) is 10.6. The molecule has 0 atom stereocenters. The Morgan fingerprint density at radius 1 is 1.44 bits per heavy atom. The van der Waals surface area contributed by atoms with Crippen LogP contribution in [0.15, 0.2) is 24.3 Å². The van der Waals surface area contributed by atoms with Gasteiger partial charge in [0.05, 0.1) is 19.1 Å². The van der Waals surface area contributed by atoms with E-state index in [1.165, 1.54) is 0 Å². The summed E-state index contributed by atoms with van der Waals surface area (Å²) in [6.07, 6.45) is 2.32. The van der Waals surface area contributed by atoms with Crippen molar-refractivity contribution in [2.75, 3.05) is 20.3 Å². The van der Waals surface area contributed by atoms with E-state index in [1.807, 2.05) is 24.3 Å². The van der Waals surface area contributed by atoms with Crippen molar-refractivity contribution in [1.29, 1.82) is 0 Å². The van der Waals surface area contributed by atoms with Crippen LogP contribution in [-0.2, 0) is 11.2 Å². The fourth-order valence-corrected chi connectivity index (χ4v) is 2.02. The van der Waals surface area contributed by atoms with Crippen molar-refractivity contribution in [1.82, 2.24) is 5.32 Å². The van der Waals surface area contributed by atoms with Crippen LogP contribution in [0.4, 0.5) is 0 Å². The molecule has 1 aromatic carbocycles. The van der Waals surface area contributed by atoms with Gasteiger partial charge in [-0.1, -0.05) is 18.2 Å². The van der Waals surface area contributed by atoms with Crippen molar-refractivity contribution in [3.8, 4) is 5.75 Å². The van der Waals surface area contributed by atoms with Crippen LogP contribution >= 0.6 is 0 Å². The minimum absolute atomic E-state index is 0.0279. The van der Waals surface area contributed by atoms with E-state index in [9.17, 15) is 4.79 Å². The lowest BCUT2D eigenvalue weighted by molar-refractivity contribution is -0.127. The topological polar surface area (TPSA) is 58.6 Å². The third kappa shape index (κ3) is 2.64. The van der Waals surface area contributed by atoms with Crippen molar-refractivity contribution in [3.63, 3.8) is 0 Å². The van der Waals surface area contributed by atoms with Crippen molar-refractivity contribution in [3.05, 3.63) is 29.8 Å². The van der Waals surface area contributed by atoms with E-state index in [0.717, 1.165) is 30.6 Å². The quantitative estimate of drug-likeness (QED) is 0.794. The lowest BCUT2D eigenvalue weighted by Gasteiger charge is -2.13. The first-order valence-corrected chi connectivity index (χ1v) is 6.23. The normalized spacial score (nSPS) is 16.1. The molecule has 0 heterocycles. The van der Waals surface area contributed by atoms with Gasteiger partial charge < -0.3 is 15.2 Å². The smallest absolute Gasteiger partial charge is 0.228 e. The Labute approximate surface area is 107 Å². The number of carbonyl (C=O) groups excluding carboxylic acids is 1. The predicted octanol–water partition coefficient (Wildman–Crippen LogP) is 1.13. The van der Waals surface area contributed by atoms with Crippen molar-refractivity contribution < 1.29 is 14.6 Å². The van der Waals surface area contributed by atoms with Crippen LogP contribution in [0.1, 0.15) is 18.4 Å². The Morgan fingerprint density at radius 2 is 2.17 bits per heavy atom. The summed E-state index contributed by atoms with van der Waals surface area (Å²) in [4.78, 5) is 11.8. The number of ether oxygens (including phenoxy) is 1. The maximum atomic E-state index is 11.8. The maximum absolute atomic E-state index is 11.8. The Morgan fingerprint density at radius 3 is 2.78 bits per heavy atom. The molecule has 4 heteroatoms. The minimum atomic E-state index is -0.485. The van der Waals surface area contributed by atoms with Gasteiger partial charge in [-0.15, -0.1) is 0 Å². The van der Waals surface area contributed by atoms with Crippen molar-refractivity contribution in [2.45, 2.75) is 19.3 Å². The highest BCUT2D eigenvalue weighted by Crippen LogP contribution is 2.45. The largest absolute Gasteiger partial charge is 0.496 e. The first kappa shape index (κ1) is 12.9. The van der Waals surface area contributed by atoms with Crippen molar-refractivity contribution in [2.24, 2.45) is 5.41 Å². The summed E-state index contributed by atoms with van der Waals surface area (Å²) < 4.78 is 5.25. The molecule has 0 aliphatic heterocycles. The fourth-order valence-electron chi connectivity index (χ4n) is 2.02. The van der Waals surface area contributed by atoms with Gasteiger partial charge in [-0.2, -0.15) is 0 Å². The van der Waals surface area contributed by atoms with Crippen LogP contribution < -0.4 is 10.1 Å². The summed E-state index contributed by atoms with van der Waals surface area (Å²) in [7, 11) is 1.64. The third-order valence-electron chi connectivity index (χ3n) is 3.51. The molecule has 2 N–H and O–H groups in total. The van der Waals surface area contributed by atoms with Crippen LogP contribution in [0, 0.1) is 5.41 Å². The van der Waals surface area contributed by atoms with Gasteiger partial charge in [0.25, 0.3) is 0 Å². The Bertz CT molecular complexity index is 427. The second-order valence-corrected chi connectivity index (χ2v) is 4.76. The van der Waals surface area contributed by atoms with Gasteiger partial charge in [0, 0.05) is 6.54 Å². The molecule has 1 saturated carbocycles. The number of methoxy groups -OCH3 is 1. The molecule has 98 valence electrons. The molecular weight excluding hydrogens is 230 g/mol. The maximum Gasteiger partial charge on any atom is 0.228 e. The average Bonchev–Trinajstić information content (AvgIpc) is 3.20. The van der Waals surface area contributed by atoms with Gasteiger partial charge in [0.2, 0.25) is 5.91 Å². The highest BCUT2D eigenvalue weighted by molar-refractivity contribution is 5.85. The summed E-state index contributed by atoms with van der Waals surface area (Å²) in [6, 6.07) is 7.78. The van der Waals surface area contributed by atoms with Crippen LogP contribution in [0.3, 0.4) is 0 Å². The molecule has 1 aliphatic rings. The summed E-state index contributed by atoms with van der Waals surface area (Å²) in [5, 5.41) is 12.0. The standard InChI is InChI=1S/C14H19NO3/c1-18-12-5-3-2-4-11(12)6-9-15-13(17)14(10-16)7-8-14/h2-5,16H,6-10H2,1H3,(H,15,17). The first-order valence-electron chi connectivity index (χ1n) is 6.23. The average molecular weight is 249 g/mol. The lowest BCUT2D eigenvalue weighted by atomic mass is 10.1. The molecule has 1 aromatic rings. The molecule has 4 nitrogen and oxygen atoms in total. The van der Waals surface area contributed by atoms with Crippen LogP contribution in [0.2, 0.25) is 0 Å². The number of para-hydroxylation sites is 1. The molecule has 18 heavy (non-hydrogen) atoms. The van der Waals surface area contributed by atoms with Gasteiger partial charge in [0.15, 0.2) is 0 Å². The van der Waals surface area contributed by atoms with Crippen molar-refractivity contribution >= 4 is 5.91 Å². The number of aliphatic hydroxyl groups excluding tert-OH is 1. The zero-order valence-electron chi connectivity index (χ0n) is 10.6. The van der Waals surface area contributed by atoms with E-state index in [1.54, 1.807) is 7.11 Å². The molecule has 0 aromatic heterocycles. The van der Waals surface area contributed by atoms with E-state index in [2.05, 4.69) is 5.32 Å².